The van der Waals surface area contributed by atoms with Crippen LogP contribution in [0.25, 0.3) is 0 Å². The van der Waals surface area contributed by atoms with Gasteiger partial charge < -0.3 is 10.6 Å². The van der Waals surface area contributed by atoms with Gasteiger partial charge in [0.2, 0.25) is 5.91 Å². The lowest BCUT2D eigenvalue weighted by Gasteiger charge is -2.21. The second-order valence-corrected chi connectivity index (χ2v) is 8.76. The zero-order chi connectivity index (χ0) is 21.5. The van der Waals surface area contributed by atoms with Crippen LogP contribution in [0.15, 0.2) is 72.1 Å². The summed E-state index contributed by atoms with van der Waals surface area (Å²) in [7, 11) is 0. The van der Waals surface area contributed by atoms with Crippen LogP contribution in [0.1, 0.15) is 65.5 Å². The molecule has 0 bridgehead atoms. The predicted molar refractivity (Wildman–Crippen MR) is 123 cm³/mol. The molecule has 0 aliphatic heterocycles. The summed E-state index contributed by atoms with van der Waals surface area (Å²) < 4.78 is 0. The molecule has 0 aliphatic rings. The molecule has 5 heteroatoms. The highest BCUT2D eigenvalue weighted by molar-refractivity contribution is 7.10. The fourth-order valence-corrected chi connectivity index (χ4v) is 4.10. The molecule has 0 saturated carbocycles. The van der Waals surface area contributed by atoms with Crippen molar-refractivity contribution in [3.8, 4) is 0 Å². The average Bonchev–Trinajstić information content (AvgIpc) is 3.27. The van der Waals surface area contributed by atoms with Crippen molar-refractivity contribution in [3.05, 3.63) is 93.7 Å². The molecule has 0 aliphatic carbocycles. The molecular formula is C25H28N2O2S. The Morgan fingerprint density at radius 3 is 2.10 bits per heavy atom. The highest BCUT2D eigenvalue weighted by Gasteiger charge is 2.20. The Kier molecular flexibility index (Phi) is 7.41. The second kappa shape index (κ2) is 10.2. The van der Waals surface area contributed by atoms with Crippen molar-refractivity contribution in [1.29, 1.82) is 0 Å². The van der Waals surface area contributed by atoms with Crippen molar-refractivity contribution >= 4 is 23.2 Å². The van der Waals surface area contributed by atoms with Gasteiger partial charge in [-0.25, -0.2) is 0 Å². The van der Waals surface area contributed by atoms with E-state index in [-0.39, 0.29) is 30.3 Å². The minimum absolute atomic E-state index is 0.0952. The van der Waals surface area contributed by atoms with E-state index < -0.39 is 0 Å². The van der Waals surface area contributed by atoms with E-state index in [9.17, 15) is 9.59 Å². The number of benzene rings is 2. The SMILES string of the molecule is CC(C)c1ccc([C@H](NC(=O)C[C@H](C)NC(=O)c2ccccc2)c2cccs2)cc1. The van der Waals surface area contributed by atoms with Crippen molar-refractivity contribution in [2.75, 3.05) is 0 Å². The zero-order valence-electron chi connectivity index (χ0n) is 17.6. The number of rotatable bonds is 8. The van der Waals surface area contributed by atoms with Crippen LogP contribution in [0.2, 0.25) is 0 Å². The van der Waals surface area contributed by atoms with Crippen LogP contribution in [-0.2, 0) is 4.79 Å². The van der Waals surface area contributed by atoms with Crippen LogP contribution in [-0.4, -0.2) is 17.9 Å². The number of carbonyl (C=O) groups excluding carboxylic acids is 2. The average molecular weight is 421 g/mol. The summed E-state index contributed by atoms with van der Waals surface area (Å²) in [6, 6.07) is 21.0. The monoisotopic (exact) mass is 420 g/mol. The Labute approximate surface area is 182 Å². The Morgan fingerprint density at radius 2 is 1.50 bits per heavy atom. The lowest BCUT2D eigenvalue weighted by Crippen LogP contribution is -2.38. The molecule has 2 aromatic carbocycles. The third-order valence-electron chi connectivity index (χ3n) is 4.97. The van der Waals surface area contributed by atoms with E-state index in [1.807, 2.05) is 42.6 Å². The molecule has 0 radical (unpaired) electrons. The Bertz CT molecular complexity index is 951. The summed E-state index contributed by atoms with van der Waals surface area (Å²) in [5.41, 5.74) is 2.91. The quantitative estimate of drug-likeness (QED) is 0.520. The van der Waals surface area contributed by atoms with Crippen molar-refractivity contribution in [1.82, 2.24) is 10.6 Å². The van der Waals surface area contributed by atoms with Gasteiger partial charge in [0.15, 0.2) is 0 Å². The summed E-state index contributed by atoms with van der Waals surface area (Å²) in [5, 5.41) is 8.06. The van der Waals surface area contributed by atoms with Gasteiger partial charge in [0.05, 0.1) is 6.04 Å². The van der Waals surface area contributed by atoms with E-state index in [2.05, 4.69) is 48.7 Å². The molecule has 3 rings (SSSR count). The van der Waals surface area contributed by atoms with E-state index >= 15 is 0 Å². The number of nitrogens with one attached hydrogen (secondary N) is 2. The first-order valence-corrected chi connectivity index (χ1v) is 11.1. The van der Waals surface area contributed by atoms with Gasteiger partial charge >= 0.3 is 0 Å². The zero-order valence-corrected chi connectivity index (χ0v) is 18.4. The molecule has 1 aromatic heterocycles. The third kappa shape index (κ3) is 5.80. The normalized spacial score (nSPS) is 12.9. The largest absolute Gasteiger partial charge is 0.349 e. The molecule has 0 fully saturated rings. The van der Waals surface area contributed by atoms with Gasteiger partial charge in [0.1, 0.15) is 0 Å². The summed E-state index contributed by atoms with van der Waals surface area (Å²) in [5.74, 6) is 0.195. The molecule has 0 spiro atoms. The fourth-order valence-electron chi connectivity index (χ4n) is 3.29. The number of amides is 2. The van der Waals surface area contributed by atoms with Crippen LogP contribution in [0, 0.1) is 0 Å². The van der Waals surface area contributed by atoms with E-state index in [4.69, 9.17) is 0 Å². The van der Waals surface area contributed by atoms with Gasteiger partial charge in [-0.3, -0.25) is 9.59 Å². The van der Waals surface area contributed by atoms with Gasteiger partial charge in [0.25, 0.3) is 5.91 Å². The van der Waals surface area contributed by atoms with Crippen LogP contribution in [0.3, 0.4) is 0 Å². The maximum atomic E-state index is 12.8. The second-order valence-electron chi connectivity index (χ2n) is 7.78. The molecule has 3 aromatic rings. The van der Waals surface area contributed by atoms with Gasteiger partial charge in [0, 0.05) is 22.9 Å². The van der Waals surface area contributed by atoms with Gasteiger partial charge in [-0.2, -0.15) is 0 Å². The standard InChI is InChI=1S/C25H28N2O2S/c1-17(2)19-11-13-20(14-12-19)24(22-10-7-15-30-22)27-23(28)16-18(3)26-25(29)21-8-5-4-6-9-21/h4-15,17-18,24H,16H2,1-3H3,(H,26,29)(H,27,28)/t18-,24-/m0/s1. The number of thiophene rings is 1. The molecule has 30 heavy (non-hydrogen) atoms. The highest BCUT2D eigenvalue weighted by Crippen LogP contribution is 2.27. The third-order valence-corrected chi connectivity index (χ3v) is 5.91. The smallest absolute Gasteiger partial charge is 0.251 e. The van der Waals surface area contributed by atoms with E-state index in [1.165, 1.54) is 5.56 Å². The maximum absolute atomic E-state index is 12.8. The van der Waals surface area contributed by atoms with Crippen LogP contribution in [0.4, 0.5) is 0 Å². The van der Waals surface area contributed by atoms with Crippen molar-refractivity contribution in [2.45, 2.75) is 45.2 Å². The van der Waals surface area contributed by atoms with Crippen LogP contribution >= 0.6 is 11.3 Å². The summed E-state index contributed by atoms with van der Waals surface area (Å²) in [6.45, 7) is 6.18. The minimum Gasteiger partial charge on any atom is -0.349 e. The predicted octanol–water partition coefficient (Wildman–Crippen LogP) is 5.29. The first kappa shape index (κ1) is 21.8. The van der Waals surface area contributed by atoms with Crippen LogP contribution in [0.5, 0.6) is 0 Å². The molecule has 4 nitrogen and oxygen atoms in total. The summed E-state index contributed by atoms with van der Waals surface area (Å²) in [6.07, 6.45) is 0.213. The Morgan fingerprint density at radius 1 is 0.833 bits per heavy atom. The topological polar surface area (TPSA) is 58.2 Å². The van der Waals surface area contributed by atoms with Crippen molar-refractivity contribution in [2.24, 2.45) is 0 Å². The fraction of sp³-hybridized carbons (Fsp3) is 0.280. The lowest BCUT2D eigenvalue weighted by atomic mass is 9.98. The molecule has 0 unspecified atom stereocenters. The molecule has 156 valence electrons. The minimum atomic E-state index is -0.273. The molecule has 2 amide bonds. The van der Waals surface area contributed by atoms with E-state index in [0.29, 0.717) is 11.5 Å². The molecule has 2 N–H and O–H groups in total. The van der Waals surface area contributed by atoms with E-state index in [1.54, 1.807) is 23.5 Å². The Hall–Kier alpha value is -2.92. The van der Waals surface area contributed by atoms with Gasteiger partial charge in [-0.15, -0.1) is 11.3 Å². The lowest BCUT2D eigenvalue weighted by molar-refractivity contribution is -0.121. The van der Waals surface area contributed by atoms with Gasteiger partial charge in [-0.1, -0.05) is 62.4 Å². The number of carbonyl (C=O) groups is 2. The maximum Gasteiger partial charge on any atom is 0.251 e. The number of hydrogen-bond acceptors (Lipinski definition) is 3. The van der Waals surface area contributed by atoms with E-state index in [0.717, 1.165) is 10.4 Å². The van der Waals surface area contributed by atoms with Crippen molar-refractivity contribution in [3.63, 3.8) is 0 Å². The first-order valence-electron chi connectivity index (χ1n) is 10.2. The Balaban J connectivity index is 1.65. The first-order chi connectivity index (χ1) is 14.4. The molecule has 0 saturated heterocycles. The molecular weight excluding hydrogens is 392 g/mol. The number of hydrogen-bond donors (Lipinski definition) is 2. The highest BCUT2D eigenvalue weighted by atomic mass is 32.1. The van der Waals surface area contributed by atoms with Crippen molar-refractivity contribution < 1.29 is 9.59 Å². The van der Waals surface area contributed by atoms with Crippen LogP contribution < -0.4 is 10.6 Å². The molecule has 1 heterocycles. The summed E-state index contributed by atoms with van der Waals surface area (Å²) >= 11 is 1.62. The van der Waals surface area contributed by atoms with Gasteiger partial charge in [-0.05, 0) is 47.5 Å². The summed E-state index contributed by atoms with van der Waals surface area (Å²) in [4.78, 5) is 26.2. The molecule has 2 atom stereocenters.